The average Bonchev–Trinajstić information content (AvgIpc) is 2.95. The lowest BCUT2D eigenvalue weighted by Gasteiger charge is -2.15. The number of carbonyl (C=O) groups excluding carboxylic acids is 1. The quantitative estimate of drug-likeness (QED) is 0.777. The molecule has 3 aromatic rings. The van der Waals surface area contributed by atoms with Crippen LogP contribution in [0.5, 0.6) is 0 Å². The Balaban J connectivity index is 1.88. The standard InChI is InChI=1S/C16H15ClN4O/c1-21(2)14-7-6-11(8-13(14)17)19-16(22)12-5-3-4-10-9-18-20-15(10)12/h3-9H,1-2H3,(H,18,20)(H,19,22). The topological polar surface area (TPSA) is 61.0 Å². The number of para-hydroxylation sites is 1. The first-order valence-electron chi connectivity index (χ1n) is 6.76. The van der Waals surface area contributed by atoms with Crippen LogP contribution in [-0.4, -0.2) is 30.2 Å². The minimum Gasteiger partial charge on any atom is -0.376 e. The van der Waals surface area contributed by atoms with E-state index in [1.54, 1.807) is 18.3 Å². The number of nitrogens with one attached hydrogen (secondary N) is 2. The van der Waals surface area contributed by atoms with Gasteiger partial charge >= 0.3 is 0 Å². The van der Waals surface area contributed by atoms with Gasteiger partial charge < -0.3 is 10.2 Å². The zero-order chi connectivity index (χ0) is 15.7. The maximum absolute atomic E-state index is 12.4. The summed E-state index contributed by atoms with van der Waals surface area (Å²) in [5.41, 5.74) is 2.81. The van der Waals surface area contributed by atoms with Gasteiger partial charge in [0.05, 0.1) is 28.0 Å². The van der Waals surface area contributed by atoms with E-state index in [2.05, 4.69) is 15.5 Å². The van der Waals surface area contributed by atoms with E-state index >= 15 is 0 Å². The second-order valence-electron chi connectivity index (χ2n) is 5.15. The fourth-order valence-electron chi connectivity index (χ4n) is 2.30. The second kappa shape index (κ2) is 5.69. The summed E-state index contributed by atoms with van der Waals surface area (Å²) < 4.78 is 0. The van der Waals surface area contributed by atoms with Gasteiger partial charge in [-0.25, -0.2) is 0 Å². The summed E-state index contributed by atoms with van der Waals surface area (Å²) in [4.78, 5) is 14.4. The van der Waals surface area contributed by atoms with Crippen LogP contribution in [0.2, 0.25) is 5.02 Å². The minimum atomic E-state index is -0.205. The number of rotatable bonds is 3. The minimum absolute atomic E-state index is 0.205. The molecule has 1 aromatic heterocycles. The number of amides is 1. The molecule has 3 rings (SSSR count). The number of aromatic nitrogens is 2. The summed E-state index contributed by atoms with van der Waals surface area (Å²) in [7, 11) is 3.83. The maximum Gasteiger partial charge on any atom is 0.257 e. The van der Waals surface area contributed by atoms with Gasteiger partial charge in [0.15, 0.2) is 0 Å². The monoisotopic (exact) mass is 314 g/mol. The van der Waals surface area contributed by atoms with Crippen LogP contribution in [0, 0.1) is 0 Å². The lowest BCUT2D eigenvalue weighted by atomic mass is 10.1. The highest BCUT2D eigenvalue weighted by Crippen LogP contribution is 2.28. The fraction of sp³-hybridized carbons (Fsp3) is 0.125. The average molecular weight is 315 g/mol. The Bertz CT molecular complexity index is 841. The maximum atomic E-state index is 12.4. The van der Waals surface area contributed by atoms with Gasteiger partial charge in [-0.1, -0.05) is 23.7 Å². The van der Waals surface area contributed by atoms with Crippen LogP contribution in [0.3, 0.4) is 0 Å². The van der Waals surface area contributed by atoms with E-state index in [1.165, 1.54) is 0 Å². The van der Waals surface area contributed by atoms with Gasteiger partial charge in [-0.3, -0.25) is 9.89 Å². The molecule has 1 heterocycles. The predicted molar refractivity (Wildman–Crippen MR) is 89.8 cm³/mol. The van der Waals surface area contributed by atoms with Crippen LogP contribution in [0.1, 0.15) is 10.4 Å². The molecule has 0 saturated heterocycles. The number of aromatic amines is 1. The SMILES string of the molecule is CN(C)c1ccc(NC(=O)c2cccc3cn[nH]c23)cc1Cl. The molecule has 22 heavy (non-hydrogen) atoms. The Hall–Kier alpha value is -2.53. The van der Waals surface area contributed by atoms with E-state index in [0.717, 1.165) is 16.6 Å². The lowest BCUT2D eigenvalue weighted by molar-refractivity contribution is 0.102. The van der Waals surface area contributed by atoms with E-state index in [0.29, 0.717) is 16.3 Å². The molecule has 1 amide bonds. The molecule has 6 heteroatoms. The van der Waals surface area contributed by atoms with Crippen molar-refractivity contribution in [2.24, 2.45) is 0 Å². The summed E-state index contributed by atoms with van der Waals surface area (Å²) >= 11 is 6.22. The molecule has 0 fully saturated rings. The van der Waals surface area contributed by atoms with E-state index in [9.17, 15) is 4.79 Å². The van der Waals surface area contributed by atoms with Crippen LogP contribution < -0.4 is 10.2 Å². The molecular formula is C16H15ClN4O. The number of H-pyrrole nitrogens is 1. The molecule has 2 aromatic carbocycles. The Morgan fingerprint density at radius 3 is 2.82 bits per heavy atom. The van der Waals surface area contributed by atoms with Crippen LogP contribution in [0.25, 0.3) is 10.9 Å². The molecule has 5 nitrogen and oxygen atoms in total. The molecule has 0 aliphatic rings. The molecule has 112 valence electrons. The number of hydrogen-bond donors (Lipinski definition) is 2. The largest absolute Gasteiger partial charge is 0.376 e. The smallest absolute Gasteiger partial charge is 0.257 e. The molecule has 0 bridgehead atoms. The van der Waals surface area contributed by atoms with Crippen LogP contribution in [0.15, 0.2) is 42.6 Å². The first-order chi connectivity index (χ1) is 10.6. The van der Waals surface area contributed by atoms with Crippen LogP contribution in [0.4, 0.5) is 11.4 Å². The Kier molecular flexibility index (Phi) is 3.73. The summed E-state index contributed by atoms with van der Waals surface area (Å²) in [5, 5.41) is 11.2. The van der Waals surface area contributed by atoms with Crippen molar-refractivity contribution < 1.29 is 4.79 Å². The van der Waals surface area contributed by atoms with Crippen molar-refractivity contribution in [2.45, 2.75) is 0 Å². The Morgan fingerprint density at radius 1 is 1.27 bits per heavy atom. The highest BCUT2D eigenvalue weighted by atomic mass is 35.5. The Labute approximate surface area is 132 Å². The van der Waals surface area contributed by atoms with E-state index in [4.69, 9.17) is 11.6 Å². The molecule has 0 aliphatic heterocycles. The number of anilines is 2. The summed E-state index contributed by atoms with van der Waals surface area (Å²) in [6, 6.07) is 10.9. The first-order valence-corrected chi connectivity index (χ1v) is 7.14. The molecule has 0 saturated carbocycles. The highest BCUT2D eigenvalue weighted by Gasteiger charge is 2.12. The third kappa shape index (κ3) is 2.63. The molecule has 0 atom stereocenters. The van der Waals surface area contributed by atoms with Crippen molar-refractivity contribution in [2.75, 3.05) is 24.3 Å². The van der Waals surface area contributed by atoms with Crippen molar-refractivity contribution in [3.05, 3.63) is 53.2 Å². The Morgan fingerprint density at radius 2 is 2.09 bits per heavy atom. The van der Waals surface area contributed by atoms with Gasteiger partial charge in [-0.05, 0) is 24.3 Å². The predicted octanol–water partition coefficient (Wildman–Crippen LogP) is 3.53. The molecule has 0 aliphatic carbocycles. The van der Waals surface area contributed by atoms with Crippen molar-refractivity contribution in [3.8, 4) is 0 Å². The molecule has 0 radical (unpaired) electrons. The van der Waals surface area contributed by atoms with Gasteiger partial charge in [0, 0.05) is 25.2 Å². The third-order valence-electron chi connectivity index (χ3n) is 3.41. The van der Waals surface area contributed by atoms with E-state index in [-0.39, 0.29) is 5.91 Å². The number of nitrogens with zero attached hydrogens (tertiary/aromatic N) is 2. The zero-order valence-corrected chi connectivity index (χ0v) is 13.0. The summed E-state index contributed by atoms with van der Waals surface area (Å²) in [6.45, 7) is 0. The lowest BCUT2D eigenvalue weighted by Crippen LogP contribution is -2.13. The van der Waals surface area contributed by atoms with Crippen molar-refractivity contribution in [1.82, 2.24) is 10.2 Å². The van der Waals surface area contributed by atoms with E-state index in [1.807, 2.05) is 43.3 Å². The number of halogens is 1. The second-order valence-corrected chi connectivity index (χ2v) is 5.56. The van der Waals surface area contributed by atoms with Gasteiger partial charge in [0.1, 0.15) is 0 Å². The first kappa shape index (κ1) is 14.4. The van der Waals surface area contributed by atoms with Gasteiger partial charge in [0.2, 0.25) is 0 Å². The summed E-state index contributed by atoms with van der Waals surface area (Å²) in [6.07, 6.45) is 1.69. The number of carbonyl (C=O) groups is 1. The normalized spacial score (nSPS) is 10.7. The van der Waals surface area contributed by atoms with Crippen molar-refractivity contribution in [3.63, 3.8) is 0 Å². The third-order valence-corrected chi connectivity index (χ3v) is 3.71. The molecular weight excluding hydrogens is 300 g/mol. The van der Waals surface area contributed by atoms with Crippen molar-refractivity contribution in [1.29, 1.82) is 0 Å². The highest BCUT2D eigenvalue weighted by molar-refractivity contribution is 6.33. The number of benzene rings is 2. The van der Waals surface area contributed by atoms with E-state index < -0.39 is 0 Å². The van der Waals surface area contributed by atoms with Gasteiger partial charge in [-0.15, -0.1) is 0 Å². The molecule has 0 spiro atoms. The van der Waals surface area contributed by atoms with Crippen molar-refractivity contribution >= 4 is 39.8 Å². The van der Waals surface area contributed by atoms with Crippen LogP contribution in [-0.2, 0) is 0 Å². The number of hydrogen-bond acceptors (Lipinski definition) is 3. The van der Waals surface area contributed by atoms with Gasteiger partial charge in [0.25, 0.3) is 5.91 Å². The number of fused-ring (bicyclic) bond motifs is 1. The van der Waals surface area contributed by atoms with Gasteiger partial charge in [-0.2, -0.15) is 5.10 Å². The fourth-order valence-corrected chi connectivity index (χ4v) is 2.65. The summed E-state index contributed by atoms with van der Waals surface area (Å²) in [5.74, 6) is -0.205. The van der Waals surface area contributed by atoms with Crippen LogP contribution >= 0.6 is 11.6 Å². The zero-order valence-electron chi connectivity index (χ0n) is 12.2. The molecule has 0 unspecified atom stereocenters. The molecule has 2 N–H and O–H groups in total.